The van der Waals surface area contributed by atoms with Gasteiger partial charge in [-0.25, -0.2) is 4.98 Å². The van der Waals surface area contributed by atoms with Crippen LogP contribution in [0, 0.1) is 0 Å². The Labute approximate surface area is 115 Å². The van der Waals surface area contributed by atoms with Gasteiger partial charge in [0.25, 0.3) is 0 Å². The van der Waals surface area contributed by atoms with Crippen molar-refractivity contribution in [2.24, 2.45) is 0 Å². The second-order valence-electron chi connectivity index (χ2n) is 5.14. The maximum absolute atomic E-state index is 12.1. The summed E-state index contributed by atoms with van der Waals surface area (Å²) >= 11 is 0. The second-order valence-corrected chi connectivity index (χ2v) is 5.14. The molecule has 2 rings (SSSR count). The Morgan fingerprint density at radius 1 is 1.53 bits per heavy atom. The van der Waals surface area contributed by atoms with Gasteiger partial charge in [-0.15, -0.1) is 0 Å². The van der Waals surface area contributed by atoms with Gasteiger partial charge in [0.15, 0.2) is 0 Å². The van der Waals surface area contributed by atoms with Gasteiger partial charge in [0, 0.05) is 31.9 Å². The van der Waals surface area contributed by atoms with Gasteiger partial charge >= 0.3 is 0 Å². The Kier molecular flexibility index (Phi) is 4.58. The van der Waals surface area contributed by atoms with Crippen molar-refractivity contribution in [2.45, 2.75) is 52.2 Å². The van der Waals surface area contributed by atoms with Crippen LogP contribution in [-0.4, -0.2) is 39.5 Å². The monoisotopic (exact) mass is 264 g/mol. The first-order valence-corrected chi connectivity index (χ1v) is 7.20. The standard InChI is InChI=1S/C14H24N4O/c1-4-17(5-2)14(19)11(3)16-9-13-8-15-10-18(13)12-6-7-12/h8,10-12,16H,4-7,9H2,1-3H3. The number of hydrogen-bond acceptors (Lipinski definition) is 3. The van der Waals surface area contributed by atoms with Crippen LogP contribution in [-0.2, 0) is 11.3 Å². The Hall–Kier alpha value is -1.36. The second kappa shape index (κ2) is 6.19. The summed E-state index contributed by atoms with van der Waals surface area (Å²) in [5.74, 6) is 0.169. The first-order valence-electron chi connectivity index (χ1n) is 7.20. The summed E-state index contributed by atoms with van der Waals surface area (Å²) in [6.45, 7) is 8.18. The topological polar surface area (TPSA) is 50.2 Å². The zero-order valence-corrected chi connectivity index (χ0v) is 12.1. The van der Waals surface area contributed by atoms with Gasteiger partial charge in [0.1, 0.15) is 0 Å². The molecule has 1 unspecified atom stereocenters. The summed E-state index contributed by atoms with van der Waals surface area (Å²) in [4.78, 5) is 18.2. The van der Waals surface area contributed by atoms with Crippen molar-refractivity contribution >= 4 is 5.91 Å². The average Bonchev–Trinajstić information content (AvgIpc) is 3.16. The summed E-state index contributed by atoms with van der Waals surface area (Å²) in [6, 6.07) is 0.482. The van der Waals surface area contributed by atoms with E-state index in [1.807, 2.05) is 38.2 Å². The molecule has 19 heavy (non-hydrogen) atoms. The summed E-state index contributed by atoms with van der Waals surface area (Å²) in [5.41, 5.74) is 1.17. The van der Waals surface area contributed by atoms with E-state index in [0.29, 0.717) is 12.6 Å². The van der Waals surface area contributed by atoms with Gasteiger partial charge in [0.05, 0.1) is 18.1 Å². The number of hydrogen-bond donors (Lipinski definition) is 1. The molecule has 1 aromatic rings. The molecule has 0 spiro atoms. The molecule has 0 radical (unpaired) electrons. The average molecular weight is 264 g/mol. The SMILES string of the molecule is CCN(CC)C(=O)C(C)NCc1cncn1C1CC1. The molecule has 1 aliphatic rings. The zero-order valence-electron chi connectivity index (χ0n) is 12.1. The molecule has 0 aromatic carbocycles. The lowest BCUT2D eigenvalue weighted by molar-refractivity contribution is -0.132. The van der Waals surface area contributed by atoms with Crippen LogP contribution in [0.25, 0.3) is 0 Å². The lowest BCUT2D eigenvalue weighted by Gasteiger charge is -2.23. The summed E-state index contributed by atoms with van der Waals surface area (Å²) in [5, 5.41) is 3.30. The number of rotatable bonds is 7. The number of aromatic nitrogens is 2. The van der Waals surface area contributed by atoms with E-state index in [1.54, 1.807) is 0 Å². The molecular formula is C14H24N4O. The lowest BCUT2D eigenvalue weighted by Crippen LogP contribution is -2.44. The molecule has 1 fully saturated rings. The third-order valence-electron chi connectivity index (χ3n) is 3.72. The van der Waals surface area contributed by atoms with Gasteiger partial charge in [-0.1, -0.05) is 0 Å². The number of amides is 1. The van der Waals surface area contributed by atoms with E-state index in [0.717, 1.165) is 13.1 Å². The number of nitrogens with one attached hydrogen (secondary N) is 1. The molecule has 0 aliphatic heterocycles. The third kappa shape index (κ3) is 3.35. The number of carbonyl (C=O) groups is 1. The first-order chi connectivity index (χ1) is 9.17. The number of nitrogens with zero attached hydrogens (tertiary/aromatic N) is 3. The van der Waals surface area contributed by atoms with E-state index in [1.165, 1.54) is 18.5 Å². The van der Waals surface area contributed by atoms with Gasteiger partial charge in [-0.3, -0.25) is 4.79 Å². The number of carbonyl (C=O) groups excluding carboxylic acids is 1. The van der Waals surface area contributed by atoms with Gasteiger partial charge in [0.2, 0.25) is 5.91 Å². The molecular weight excluding hydrogens is 240 g/mol. The summed E-state index contributed by atoms with van der Waals surface area (Å²) in [6.07, 6.45) is 6.28. The molecule has 0 bridgehead atoms. The van der Waals surface area contributed by atoms with Crippen LogP contribution >= 0.6 is 0 Å². The highest BCUT2D eigenvalue weighted by atomic mass is 16.2. The van der Waals surface area contributed by atoms with Gasteiger partial charge < -0.3 is 14.8 Å². The van der Waals surface area contributed by atoms with E-state index in [-0.39, 0.29) is 11.9 Å². The molecule has 1 aliphatic carbocycles. The van der Waals surface area contributed by atoms with Gasteiger partial charge in [-0.05, 0) is 33.6 Å². The minimum absolute atomic E-state index is 0.151. The zero-order chi connectivity index (χ0) is 13.8. The molecule has 0 saturated heterocycles. The predicted molar refractivity (Wildman–Crippen MR) is 74.7 cm³/mol. The predicted octanol–water partition coefficient (Wildman–Crippen LogP) is 1.56. The largest absolute Gasteiger partial charge is 0.342 e. The highest BCUT2D eigenvalue weighted by Crippen LogP contribution is 2.35. The van der Waals surface area contributed by atoms with Crippen molar-refractivity contribution in [1.29, 1.82) is 0 Å². The van der Waals surface area contributed by atoms with E-state index in [4.69, 9.17) is 0 Å². The Morgan fingerprint density at radius 2 is 2.21 bits per heavy atom. The third-order valence-corrected chi connectivity index (χ3v) is 3.72. The van der Waals surface area contributed by atoms with Crippen LogP contribution in [0.1, 0.15) is 45.3 Å². The quantitative estimate of drug-likeness (QED) is 0.813. The smallest absolute Gasteiger partial charge is 0.239 e. The van der Waals surface area contributed by atoms with Gasteiger partial charge in [-0.2, -0.15) is 0 Å². The van der Waals surface area contributed by atoms with Crippen LogP contribution in [0.2, 0.25) is 0 Å². The molecule has 1 aromatic heterocycles. The van der Waals surface area contributed by atoms with E-state index in [2.05, 4.69) is 14.9 Å². The van der Waals surface area contributed by atoms with Crippen molar-refractivity contribution < 1.29 is 4.79 Å². The van der Waals surface area contributed by atoms with Crippen molar-refractivity contribution in [3.8, 4) is 0 Å². The maximum Gasteiger partial charge on any atom is 0.239 e. The highest BCUT2D eigenvalue weighted by Gasteiger charge is 2.25. The fourth-order valence-electron chi connectivity index (χ4n) is 2.30. The minimum Gasteiger partial charge on any atom is -0.342 e. The van der Waals surface area contributed by atoms with Crippen molar-refractivity contribution in [1.82, 2.24) is 19.8 Å². The molecule has 1 heterocycles. The van der Waals surface area contributed by atoms with Crippen molar-refractivity contribution in [3.05, 3.63) is 18.2 Å². The van der Waals surface area contributed by atoms with Crippen LogP contribution in [0.5, 0.6) is 0 Å². The van der Waals surface area contributed by atoms with E-state index >= 15 is 0 Å². The van der Waals surface area contributed by atoms with E-state index in [9.17, 15) is 4.79 Å². The molecule has 106 valence electrons. The Balaban J connectivity index is 1.87. The molecule has 1 amide bonds. The fraction of sp³-hybridized carbons (Fsp3) is 0.714. The lowest BCUT2D eigenvalue weighted by atomic mass is 10.2. The number of imidazole rings is 1. The van der Waals surface area contributed by atoms with Crippen molar-refractivity contribution in [3.63, 3.8) is 0 Å². The van der Waals surface area contributed by atoms with Crippen LogP contribution in [0.15, 0.2) is 12.5 Å². The summed E-state index contributed by atoms with van der Waals surface area (Å²) in [7, 11) is 0. The van der Waals surface area contributed by atoms with Crippen LogP contribution in [0.3, 0.4) is 0 Å². The molecule has 5 nitrogen and oxygen atoms in total. The molecule has 1 atom stereocenters. The van der Waals surface area contributed by atoms with Crippen molar-refractivity contribution in [2.75, 3.05) is 13.1 Å². The molecule has 1 saturated carbocycles. The maximum atomic E-state index is 12.1. The van der Waals surface area contributed by atoms with Crippen LogP contribution < -0.4 is 5.32 Å². The molecule has 5 heteroatoms. The fourth-order valence-corrected chi connectivity index (χ4v) is 2.30. The summed E-state index contributed by atoms with van der Waals surface area (Å²) < 4.78 is 2.22. The molecule has 1 N–H and O–H groups in total. The minimum atomic E-state index is -0.151. The normalized spacial score (nSPS) is 16.4. The Morgan fingerprint density at radius 3 is 2.79 bits per heavy atom. The van der Waals surface area contributed by atoms with Crippen LogP contribution in [0.4, 0.5) is 0 Å². The van der Waals surface area contributed by atoms with E-state index < -0.39 is 0 Å². The Bertz CT molecular complexity index is 421. The first kappa shape index (κ1) is 14.1. The number of likely N-dealkylation sites (N-methyl/N-ethyl adjacent to an activating group) is 1. The highest BCUT2D eigenvalue weighted by molar-refractivity contribution is 5.81.